The maximum Gasteiger partial charge on any atom is 0.231 e. The standard InChI is InChI=1S/C23H25ClN4O3/c1-15-5-7-27-12-17(26-22(27)8-15)13-28-18(2-3-23(28)29)4-6-25-11-16-9-20-21(10-19(16)24)31-14-30-20/h5,7-10,12,18,25H,2-4,6,11,13-14H2,1H3/t18-/m1/s1. The van der Waals surface area contributed by atoms with Crippen LogP contribution in [0.3, 0.4) is 0 Å². The van der Waals surface area contributed by atoms with Crippen molar-refractivity contribution in [1.82, 2.24) is 19.6 Å². The van der Waals surface area contributed by atoms with Crippen LogP contribution in [-0.4, -0.2) is 39.6 Å². The number of carbonyl (C=O) groups excluding carboxylic acids is 1. The zero-order chi connectivity index (χ0) is 21.4. The Kier molecular flexibility index (Phi) is 5.46. The van der Waals surface area contributed by atoms with Crippen molar-refractivity contribution in [3.05, 3.63) is 58.5 Å². The maximum atomic E-state index is 12.5. The van der Waals surface area contributed by atoms with Crippen molar-refractivity contribution in [2.75, 3.05) is 13.3 Å². The molecule has 1 N–H and O–H groups in total. The van der Waals surface area contributed by atoms with Gasteiger partial charge in [-0.15, -0.1) is 0 Å². The number of nitrogens with zero attached hydrogens (tertiary/aromatic N) is 3. The van der Waals surface area contributed by atoms with Crippen LogP contribution in [0.25, 0.3) is 5.65 Å². The number of aromatic nitrogens is 2. The molecule has 2 aliphatic heterocycles. The first-order valence-electron chi connectivity index (χ1n) is 10.6. The van der Waals surface area contributed by atoms with Crippen molar-refractivity contribution in [1.29, 1.82) is 0 Å². The first-order valence-corrected chi connectivity index (χ1v) is 11.0. The minimum absolute atomic E-state index is 0.206. The molecule has 2 aliphatic rings. The van der Waals surface area contributed by atoms with Crippen molar-refractivity contribution < 1.29 is 14.3 Å². The zero-order valence-electron chi connectivity index (χ0n) is 17.4. The molecule has 162 valence electrons. The van der Waals surface area contributed by atoms with Gasteiger partial charge in [0.2, 0.25) is 12.7 Å². The van der Waals surface area contributed by atoms with Gasteiger partial charge >= 0.3 is 0 Å². The van der Waals surface area contributed by atoms with E-state index in [4.69, 9.17) is 26.1 Å². The normalized spacial score (nSPS) is 17.8. The third-order valence-electron chi connectivity index (χ3n) is 5.96. The fraction of sp³-hybridized carbons (Fsp3) is 0.391. The molecule has 1 atom stereocenters. The lowest BCUT2D eigenvalue weighted by molar-refractivity contribution is -0.129. The topological polar surface area (TPSA) is 68.1 Å². The summed E-state index contributed by atoms with van der Waals surface area (Å²) in [5, 5.41) is 4.11. The van der Waals surface area contributed by atoms with Crippen LogP contribution < -0.4 is 14.8 Å². The number of nitrogens with one attached hydrogen (secondary N) is 1. The predicted molar refractivity (Wildman–Crippen MR) is 117 cm³/mol. The first-order chi connectivity index (χ1) is 15.1. The Morgan fingerprint density at radius 3 is 2.97 bits per heavy atom. The summed E-state index contributed by atoms with van der Waals surface area (Å²) in [5.74, 6) is 1.63. The number of fused-ring (bicyclic) bond motifs is 2. The van der Waals surface area contributed by atoms with E-state index in [0.717, 1.165) is 42.0 Å². The van der Waals surface area contributed by atoms with E-state index in [-0.39, 0.29) is 18.7 Å². The summed E-state index contributed by atoms with van der Waals surface area (Å²) in [6, 6.07) is 8.06. The number of aryl methyl sites for hydroxylation is 1. The molecule has 4 heterocycles. The molecular weight excluding hydrogens is 416 g/mol. The monoisotopic (exact) mass is 440 g/mol. The lowest BCUT2D eigenvalue weighted by atomic mass is 10.1. The second-order valence-corrected chi connectivity index (χ2v) is 8.59. The van der Waals surface area contributed by atoms with Crippen molar-refractivity contribution in [3.8, 4) is 11.5 Å². The number of amides is 1. The third-order valence-corrected chi connectivity index (χ3v) is 6.31. The smallest absolute Gasteiger partial charge is 0.231 e. The van der Waals surface area contributed by atoms with Gasteiger partial charge in [-0.2, -0.15) is 0 Å². The van der Waals surface area contributed by atoms with Gasteiger partial charge in [0, 0.05) is 42.5 Å². The molecule has 8 heteroatoms. The molecule has 7 nitrogen and oxygen atoms in total. The third kappa shape index (κ3) is 4.20. The van der Waals surface area contributed by atoms with Gasteiger partial charge in [-0.05, 0) is 55.6 Å². The molecule has 0 unspecified atom stereocenters. The van der Waals surface area contributed by atoms with E-state index in [9.17, 15) is 4.79 Å². The summed E-state index contributed by atoms with van der Waals surface area (Å²) in [7, 11) is 0. The second kappa shape index (κ2) is 8.40. The number of imidazole rings is 1. The van der Waals surface area contributed by atoms with Gasteiger partial charge in [-0.3, -0.25) is 4.79 Å². The summed E-state index contributed by atoms with van der Waals surface area (Å²) in [4.78, 5) is 19.2. The van der Waals surface area contributed by atoms with E-state index < -0.39 is 0 Å². The molecule has 0 spiro atoms. The number of likely N-dealkylation sites (tertiary alicyclic amines) is 1. The Morgan fingerprint density at radius 1 is 1.26 bits per heavy atom. The van der Waals surface area contributed by atoms with Gasteiger partial charge in [0.15, 0.2) is 11.5 Å². The number of benzene rings is 1. The highest BCUT2D eigenvalue weighted by atomic mass is 35.5. The number of halogens is 1. The van der Waals surface area contributed by atoms with Crippen LogP contribution in [0.15, 0.2) is 36.7 Å². The molecule has 3 aromatic rings. The average Bonchev–Trinajstić information content (AvgIpc) is 3.45. The van der Waals surface area contributed by atoms with Gasteiger partial charge in [-0.1, -0.05) is 11.6 Å². The molecule has 1 amide bonds. The van der Waals surface area contributed by atoms with Crippen LogP contribution in [0.5, 0.6) is 11.5 Å². The molecular formula is C23H25ClN4O3. The number of pyridine rings is 1. The number of rotatable bonds is 7. The highest BCUT2D eigenvalue weighted by Gasteiger charge is 2.31. The summed E-state index contributed by atoms with van der Waals surface area (Å²) < 4.78 is 12.8. The molecule has 0 radical (unpaired) electrons. The SMILES string of the molecule is Cc1ccn2cc(CN3C(=O)CC[C@@H]3CCNCc3cc4c(cc3Cl)OCO4)nc2c1. The molecule has 1 fully saturated rings. The van der Waals surface area contributed by atoms with E-state index in [1.807, 2.05) is 27.8 Å². The lowest BCUT2D eigenvalue weighted by Gasteiger charge is -2.24. The highest BCUT2D eigenvalue weighted by molar-refractivity contribution is 6.31. The first kappa shape index (κ1) is 20.2. The minimum atomic E-state index is 0.206. The van der Waals surface area contributed by atoms with Crippen molar-refractivity contribution in [3.63, 3.8) is 0 Å². The van der Waals surface area contributed by atoms with Crippen LogP contribution in [0.1, 0.15) is 36.1 Å². The molecule has 2 aromatic heterocycles. The fourth-order valence-electron chi connectivity index (χ4n) is 4.28. The van der Waals surface area contributed by atoms with Gasteiger partial charge in [0.1, 0.15) is 5.65 Å². The fourth-order valence-corrected chi connectivity index (χ4v) is 4.50. The van der Waals surface area contributed by atoms with Gasteiger partial charge in [0.05, 0.1) is 12.2 Å². The highest BCUT2D eigenvalue weighted by Crippen LogP contribution is 2.36. The van der Waals surface area contributed by atoms with Gasteiger partial charge in [0.25, 0.3) is 0 Å². The van der Waals surface area contributed by atoms with Crippen LogP contribution in [-0.2, 0) is 17.9 Å². The van der Waals surface area contributed by atoms with E-state index in [2.05, 4.69) is 24.4 Å². The zero-order valence-corrected chi connectivity index (χ0v) is 18.2. The van der Waals surface area contributed by atoms with Crippen molar-refractivity contribution >= 4 is 23.2 Å². The average molecular weight is 441 g/mol. The van der Waals surface area contributed by atoms with E-state index in [1.165, 1.54) is 5.56 Å². The van der Waals surface area contributed by atoms with Crippen LogP contribution in [0.2, 0.25) is 5.02 Å². The Labute approximate surface area is 185 Å². The summed E-state index contributed by atoms with van der Waals surface area (Å²) >= 11 is 6.35. The number of hydrogen-bond donors (Lipinski definition) is 1. The quantitative estimate of drug-likeness (QED) is 0.567. The van der Waals surface area contributed by atoms with Gasteiger partial charge in [-0.25, -0.2) is 4.98 Å². The maximum absolute atomic E-state index is 12.5. The number of carbonyl (C=O) groups is 1. The Bertz CT molecular complexity index is 1130. The second-order valence-electron chi connectivity index (χ2n) is 8.18. The molecule has 5 rings (SSSR count). The lowest BCUT2D eigenvalue weighted by Crippen LogP contribution is -2.34. The molecule has 1 saturated heterocycles. The van der Waals surface area contributed by atoms with Crippen LogP contribution in [0, 0.1) is 6.92 Å². The Morgan fingerprint density at radius 2 is 2.10 bits per heavy atom. The van der Waals surface area contributed by atoms with E-state index in [1.54, 1.807) is 6.07 Å². The predicted octanol–water partition coefficient (Wildman–Crippen LogP) is 3.70. The van der Waals surface area contributed by atoms with Crippen molar-refractivity contribution in [2.24, 2.45) is 0 Å². The number of ether oxygens (including phenoxy) is 2. The summed E-state index contributed by atoms with van der Waals surface area (Å²) in [5.41, 5.74) is 3.99. The molecule has 31 heavy (non-hydrogen) atoms. The van der Waals surface area contributed by atoms with Crippen LogP contribution in [0.4, 0.5) is 0 Å². The summed E-state index contributed by atoms with van der Waals surface area (Å²) in [6.45, 7) is 4.28. The molecule has 0 aliphatic carbocycles. The Hall–Kier alpha value is -2.77. The Balaban J connectivity index is 1.17. The molecule has 1 aromatic carbocycles. The van der Waals surface area contributed by atoms with Crippen LogP contribution >= 0.6 is 11.6 Å². The van der Waals surface area contributed by atoms with Crippen molar-refractivity contribution in [2.45, 2.75) is 45.3 Å². The minimum Gasteiger partial charge on any atom is -0.454 e. The molecule has 0 bridgehead atoms. The summed E-state index contributed by atoms with van der Waals surface area (Å²) in [6.07, 6.45) is 6.40. The van der Waals surface area contributed by atoms with Gasteiger partial charge < -0.3 is 24.1 Å². The van der Waals surface area contributed by atoms with E-state index >= 15 is 0 Å². The largest absolute Gasteiger partial charge is 0.454 e. The number of hydrogen-bond acceptors (Lipinski definition) is 5. The van der Waals surface area contributed by atoms with E-state index in [0.29, 0.717) is 30.3 Å². The molecule has 0 saturated carbocycles.